The maximum Gasteiger partial charge on any atom is 0.165 e. The summed E-state index contributed by atoms with van der Waals surface area (Å²) < 4.78 is 4.43. The van der Waals surface area contributed by atoms with Crippen LogP contribution in [0.15, 0.2) is 24.4 Å². The molecule has 3 aromatic heterocycles. The van der Waals surface area contributed by atoms with Crippen molar-refractivity contribution < 1.29 is 0 Å². The number of halogens is 1. The smallest absolute Gasteiger partial charge is 0.165 e. The second kappa shape index (κ2) is 8.81. The van der Waals surface area contributed by atoms with Crippen molar-refractivity contribution in [3.8, 4) is 11.1 Å². The van der Waals surface area contributed by atoms with Crippen LogP contribution in [0.1, 0.15) is 60.7 Å². The van der Waals surface area contributed by atoms with Gasteiger partial charge in [0.1, 0.15) is 5.65 Å². The van der Waals surface area contributed by atoms with E-state index in [-0.39, 0.29) is 12.4 Å². The molecule has 0 saturated heterocycles. The van der Waals surface area contributed by atoms with Crippen molar-refractivity contribution in [2.45, 2.75) is 73.8 Å². The Balaban J connectivity index is 0.00000256. The molecule has 0 aliphatic rings. The van der Waals surface area contributed by atoms with E-state index in [4.69, 9.17) is 10.1 Å². The molecule has 0 aliphatic heterocycles. The highest BCUT2D eigenvalue weighted by molar-refractivity contribution is 5.89. The highest BCUT2D eigenvalue weighted by atomic mass is 35.5. The van der Waals surface area contributed by atoms with Gasteiger partial charge in [0.15, 0.2) is 5.65 Å². The number of benzene rings is 1. The second-order valence-corrected chi connectivity index (χ2v) is 8.47. The van der Waals surface area contributed by atoms with Crippen molar-refractivity contribution in [1.29, 1.82) is 0 Å². The summed E-state index contributed by atoms with van der Waals surface area (Å²) in [4.78, 5) is 5.02. The zero-order valence-corrected chi connectivity index (χ0v) is 19.9. The quantitative estimate of drug-likeness (QED) is 0.315. The molecule has 0 radical (unpaired) electrons. The minimum absolute atomic E-state index is 0. The van der Waals surface area contributed by atoms with E-state index in [2.05, 4.69) is 75.0 Å². The van der Waals surface area contributed by atoms with Crippen LogP contribution in [0.5, 0.6) is 0 Å². The number of hydrogen-bond acceptors (Lipinski definition) is 2. The van der Waals surface area contributed by atoms with Crippen molar-refractivity contribution in [2.75, 3.05) is 0 Å². The van der Waals surface area contributed by atoms with Gasteiger partial charge in [-0.25, -0.2) is 4.98 Å². The van der Waals surface area contributed by atoms with Crippen LogP contribution in [0.3, 0.4) is 0 Å². The van der Waals surface area contributed by atoms with Crippen LogP contribution >= 0.6 is 12.4 Å². The molecule has 4 aromatic rings. The van der Waals surface area contributed by atoms with Gasteiger partial charge in [-0.2, -0.15) is 9.61 Å². The number of hydrogen-bond donors (Lipinski definition) is 0. The normalized spacial score (nSPS) is 11.4. The third-order valence-corrected chi connectivity index (χ3v) is 6.01. The predicted octanol–water partition coefficient (Wildman–Crippen LogP) is 6.90. The summed E-state index contributed by atoms with van der Waals surface area (Å²) in [6, 6.07) is 6.70. The Morgan fingerprint density at radius 3 is 2.23 bits per heavy atom. The molecule has 0 N–H and O–H groups in total. The molecule has 0 spiro atoms. The number of rotatable bonds is 6. The molecule has 0 unspecified atom stereocenters. The lowest BCUT2D eigenvalue weighted by atomic mass is 9.94. The topological polar surface area (TPSA) is 35.1 Å². The van der Waals surface area contributed by atoms with Crippen molar-refractivity contribution in [1.82, 2.24) is 19.2 Å². The fourth-order valence-corrected chi connectivity index (χ4v) is 4.72. The summed E-state index contributed by atoms with van der Waals surface area (Å²) in [6.07, 6.45) is 7.23. The van der Waals surface area contributed by atoms with Gasteiger partial charge in [0, 0.05) is 18.1 Å². The van der Waals surface area contributed by atoms with E-state index in [0.717, 1.165) is 23.6 Å². The Morgan fingerprint density at radius 2 is 1.57 bits per heavy atom. The lowest BCUT2D eigenvalue weighted by molar-refractivity contribution is 0.588. The van der Waals surface area contributed by atoms with Gasteiger partial charge in [-0.1, -0.05) is 43.9 Å². The molecule has 3 heterocycles. The molecule has 5 heteroatoms. The molecule has 0 aliphatic carbocycles. The van der Waals surface area contributed by atoms with Gasteiger partial charge < -0.3 is 4.57 Å². The summed E-state index contributed by atoms with van der Waals surface area (Å²) in [6.45, 7) is 14.1. The first-order valence-electron chi connectivity index (χ1n) is 10.8. The fourth-order valence-electron chi connectivity index (χ4n) is 4.72. The molecule has 0 atom stereocenters. The van der Waals surface area contributed by atoms with E-state index in [1.807, 2.05) is 0 Å². The third kappa shape index (κ3) is 3.74. The Labute approximate surface area is 185 Å². The van der Waals surface area contributed by atoms with Crippen LogP contribution in [0.2, 0.25) is 0 Å². The summed E-state index contributed by atoms with van der Waals surface area (Å²) in [5, 5.41) is 6.17. The zero-order valence-electron chi connectivity index (χ0n) is 19.0. The number of unbranched alkanes of at least 4 members (excludes halogenated alkanes) is 3. The predicted molar refractivity (Wildman–Crippen MR) is 129 cm³/mol. The molecule has 4 rings (SSSR count). The van der Waals surface area contributed by atoms with Crippen LogP contribution in [0.4, 0.5) is 0 Å². The Hall–Kier alpha value is -2.33. The summed E-state index contributed by atoms with van der Waals surface area (Å²) in [7, 11) is 0. The Bertz CT molecular complexity index is 1180. The van der Waals surface area contributed by atoms with Gasteiger partial charge in [-0.3, -0.25) is 0 Å². The highest BCUT2D eigenvalue weighted by Gasteiger charge is 2.20. The maximum absolute atomic E-state index is 5.02. The van der Waals surface area contributed by atoms with Crippen LogP contribution in [0.25, 0.3) is 27.8 Å². The summed E-state index contributed by atoms with van der Waals surface area (Å²) in [5.41, 5.74) is 10.6. The molecule has 4 nitrogen and oxygen atoms in total. The highest BCUT2D eigenvalue weighted by Crippen LogP contribution is 2.35. The second-order valence-electron chi connectivity index (χ2n) is 8.47. The Morgan fingerprint density at radius 1 is 0.867 bits per heavy atom. The van der Waals surface area contributed by atoms with Crippen molar-refractivity contribution >= 4 is 29.1 Å². The lowest BCUT2D eigenvalue weighted by Crippen LogP contribution is -2.04. The number of fused-ring (bicyclic) bond motifs is 3. The van der Waals surface area contributed by atoms with Crippen molar-refractivity contribution in [3.63, 3.8) is 0 Å². The van der Waals surface area contributed by atoms with Gasteiger partial charge in [-0.05, 0) is 63.8 Å². The fraction of sp³-hybridized carbons (Fsp3) is 0.440. The van der Waals surface area contributed by atoms with Gasteiger partial charge in [0.25, 0.3) is 0 Å². The van der Waals surface area contributed by atoms with Gasteiger partial charge in [0.2, 0.25) is 0 Å². The standard InChI is InChI=1S/C25H32N4.ClH/c1-7-8-9-10-12-28-13-11-21-19(5)26-24-23(20(6)27-29(24)25(21)28)22-17(3)14-16(2)15-18(22)4;/h11,13-15H,7-10,12H2,1-6H3;1H. The Kier molecular flexibility index (Phi) is 6.56. The van der Waals surface area contributed by atoms with E-state index >= 15 is 0 Å². The van der Waals surface area contributed by atoms with Crippen LogP contribution in [-0.2, 0) is 6.54 Å². The van der Waals surface area contributed by atoms with Crippen LogP contribution < -0.4 is 0 Å². The largest absolute Gasteiger partial charge is 0.332 e. The molecule has 0 saturated carbocycles. The molecule has 0 amide bonds. The number of nitrogens with zero attached hydrogens (tertiary/aromatic N) is 4. The van der Waals surface area contributed by atoms with Crippen LogP contribution in [-0.4, -0.2) is 19.2 Å². The number of aryl methyl sites for hydroxylation is 6. The zero-order chi connectivity index (χ0) is 20.7. The summed E-state index contributed by atoms with van der Waals surface area (Å²) in [5.74, 6) is 0. The average molecular weight is 425 g/mol. The molecule has 0 fully saturated rings. The molecule has 0 bridgehead atoms. The SMILES string of the molecule is CCCCCCn1ccc2c(C)nc3c(-c4c(C)cc(C)cc4C)c(C)nn3c21.Cl. The average Bonchev–Trinajstić information content (AvgIpc) is 3.21. The minimum Gasteiger partial charge on any atom is -0.332 e. The lowest BCUT2D eigenvalue weighted by Gasteiger charge is -2.12. The van der Waals surface area contributed by atoms with Crippen LogP contribution in [0, 0.1) is 34.6 Å². The van der Waals surface area contributed by atoms with E-state index in [9.17, 15) is 0 Å². The molecular formula is C25H33ClN4. The van der Waals surface area contributed by atoms with E-state index < -0.39 is 0 Å². The van der Waals surface area contributed by atoms with Crippen molar-refractivity contribution in [2.24, 2.45) is 0 Å². The monoisotopic (exact) mass is 424 g/mol. The first kappa shape index (κ1) is 22.4. The van der Waals surface area contributed by atoms with E-state index in [1.54, 1.807) is 0 Å². The molecular weight excluding hydrogens is 392 g/mol. The van der Waals surface area contributed by atoms with Gasteiger partial charge >= 0.3 is 0 Å². The number of aromatic nitrogens is 4. The first-order chi connectivity index (χ1) is 13.9. The minimum atomic E-state index is 0. The molecule has 160 valence electrons. The molecule has 30 heavy (non-hydrogen) atoms. The first-order valence-corrected chi connectivity index (χ1v) is 10.8. The third-order valence-electron chi connectivity index (χ3n) is 6.01. The van der Waals surface area contributed by atoms with Gasteiger partial charge in [-0.15, -0.1) is 12.4 Å². The van der Waals surface area contributed by atoms with Crippen molar-refractivity contribution in [3.05, 3.63) is 52.5 Å². The summed E-state index contributed by atoms with van der Waals surface area (Å²) >= 11 is 0. The van der Waals surface area contributed by atoms with Gasteiger partial charge in [0.05, 0.1) is 17.0 Å². The van der Waals surface area contributed by atoms with E-state index in [0.29, 0.717) is 0 Å². The molecule has 1 aromatic carbocycles. The maximum atomic E-state index is 5.02. The van der Waals surface area contributed by atoms with E-state index in [1.165, 1.54) is 64.5 Å².